The van der Waals surface area contributed by atoms with Gasteiger partial charge in [0.1, 0.15) is 17.2 Å². The van der Waals surface area contributed by atoms with E-state index in [1.165, 1.54) is 37.9 Å². The minimum atomic E-state index is -0.259. The lowest BCUT2D eigenvalue weighted by Crippen LogP contribution is -2.31. The number of H-pyrrole nitrogens is 1. The molecule has 8 heteroatoms. The van der Waals surface area contributed by atoms with Gasteiger partial charge >= 0.3 is 0 Å². The molecule has 0 aliphatic carbocycles. The summed E-state index contributed by atoms with van der Waals surface area (Å²) in [6, 6.07) is 17.5. The molecule has 2 aromatic carbocycles. The van der Waals surface area contributed by atoms with Crippen molar-refractivity contribution in [2.45, 2.75) is 25.7 Å². The average Bonchev–Trinajstić information content (AvgIpc) is 3.29. The third kappa shape index (κ3) is 5.78. The Labute approximate surface area is 204 Å². The van der Waals surface area contributed by atoms with Gasteiger partial charge in [0.2, 0.25) is 5.95 Å². The molecule has 0 unspecified atom stereocenters. The molecule has 5 rings (SSSR count). The van der Waals surface area contributed by atoms with Crippen LogP contribution < -0.4 is 15.4 Å². The number of imidazole rings is 1. The average molecular weight is 471 g/mol. The lowest BCUT2D eigenvalue weighted by Gasteiger charge is -2.26. The van der Waals surface area contributed by atoms with Crippen molar-refractivity contribution in [1.82, 2.24) is 25.2 Å². The van der Waals surface area contributed by atoms with Gasteiger partial charge in [0.05, 0.1) is 11.0 Å². The van der Waals surface area contributed by atoms with Crippen molar-refractivity contribution in [3.05, 3.63) is 72.1 Å². The van der Waals surface area contributed by atoms with Crippen molar-refractivity contribution >= 4 is 28.6 Å². The number of benzene rings is 2. The first-order valence-corrected chi connectivity index (χ1v) is 12.1. The number of aromatic nitrogens is 3. The predicted octanol–water partition coefficient (Wildman–Crippen LogP) is 4.88. The van der Waals surface area contributed by atoms with Crippen LogP contribution in [0.5, 0.6) is 11.5 Å². The summed E-state index contributed by atoms with van der Waals surface area (Å²) in [6.07, 6.45) is 6.60. The number of rotatable bonds is 8. The molecule has 0 saturated carbocycles. The molecule has 8 nitrogen and oxygen atoms in total. The van der Waals surface area contributed by atoms with E-state index in [0.717, 1.165) is 29.7 Å². The number of piperidine rings is 1. The molecule has 3 N–H and O–H groups in total. The fraction of sp³-hybridized carbons (Fsp3) is 0.296. The number of carbonyl (C=O) groups excluding carboxylic acids is 1. The summed E-state index contributed by atoms with van der Waals surface area (Å²) in [5, 5.41) is 5.96. The monoisotopic (exact) mass is 470 g/mol. The maximum Gasteiger partial charge on any atom is 0.269 e. The van der Waals surface area contributed by atoms with E-state index in [9.17, 15) is 4.79 Å². The van der Waals surface area contributed by atoms with Gasteiger partial charge in [0.25, 0.3) is 5.91 Å². The number of amides is 1. The van der Waals surface area contributed by atoms with Gasteiger partial charge in [0.15, 0.2) is 0 Å². The van der Waals surface area contributed by atoms with Crippen molar-refractivity contribution in [2.75, 3.05) is 32.0 Å². The first-order valence-electron chi connectivity index (χ1n) is 12.1. The zero-order valence-electron chi connectivity index (χ0n) is 19.9. The minimum Gasteiger partial charge on any atom is -0.457 e. The summed E-state index contributed by atoms with van der Waals surface area (Å²) in [5.74, 6) is 1.60. The second-order valence-corrected chi connectivity index (χ2v) is 8.80. The number of hydrogen-bond acceptors (Lipinski definition) is 6. The number of ether oxygens (including phenoxy) is 1. The van der Waals surface area contributed by atoms with Crippen LogP contribution in [0.3, 0.4) is 0 Å². The van der Waals surface area contributed by atoms with Crippen LogP contribution in [-0.4, -0.2) is 52.4 Å². The van der Waals surface area contributed by atoms with E-state index in [4.69, 9.17) is 4.74 Å². The number of anilines is 2. The molecular formula is C27H30N6O2. The van der Waals surface area contributed by atoms with E-state index >= 15 is 0 Å². The zero-order chi connectivity index (χ0) is 24.0. The molecule has 3 heterocycles. The van der Waals surface area contributed by atoms with E-state index in [1.54, 1.807) is 25.4 Å². The Bertz CT molecular complexity index is 1310. The summed E-state index contributed by atoms with van der Waals surface area (Å²) in [5.41, 5.74) is 4.32. The molecule has 1 aliphatic heterocycles. The number of aromatic amines is 1. The molecule has 1 amide bonds. The molecule has 0 radical (unpaired) electrons. The number of hydrogen-bond donors (Lipinski definition) is 3. The van der Waals surface area contributed by atoms with Gasteiger partial charge in [-0.3, -0.25) is 9.78 Å². The number of nitrogens with one attached hydrogen (secondary N) is 3. The number of nitrogens with zero attached hydrogens (tertiary/aromatic N) is 3. The maximum absolute atomic E-state index is 11.8. The molecule has 180 valence electrons. The molecule has 1 aliphatic rings. The van der Waals surface area contributed by atoms with E-state index in [2.05, 4.69) is 54.8 Å². The quantitative estimate of drug-likeness (QED) is 0.340. The Kier molecular flexibility index (Phi) is 6.90. The molecule has 0 bridgehead atoms. The van der Waals surface area contributed by atoms with Gasteiger partial charge in [-0.05, 0) is 68.2 Å². The third-order valence-corrected chi connectivity index (χ3v) is 6.24. The Balaban J connectivity index is 1.25. The molecule has 1 fully saturated rings. The summed E-state index contributed by atoms with van der Waals surface area (Å²) in [7, 11) is 1.57. The Morgan fingerprint density at radius 2 is 1.91 bits per heavy atom. The number of pyridine rings is 1. The summed E-state index contributed by atoms with van der Waals surface area (Å²) in [6.45, 7) is 3.55. The Morgan fingerprint density at radius 1 is 1.06 bits per heavy atom. The highest BCUT2D eigenvalue weighted by Crippen LogP contribution is 2.27. The molecule has 4 aromatic rings. The highest BCUT2D eigenvalue weighted by atomic mass is 16.5. The molecule has 0 spiro atoms. The van der Waals surface area contributed by atoms with E-state index in [-0.39, 0.29) is 5.91 Å². The molecule has 35 heavy (non-hydrogen) atoms. The van der Waals surface area contributed by atoms with Crippen LogP contribution in [0.2, 0.25) is 0 Å². The van der Waals surface area contributed by atoms with Crippen LogP contribution in [0.25, 0.3) is 11.0 Å². The largest absolute Gasteiger partial charge is 0.457 e. The second kappa shape index (κ2) is 10.6. The fourth-order valence-corrected chi connectivity index (χ4v) is 4.39. The van der Waals surface area contributed by atoms with Crippen molar-refractivity contribution < 1.29 is 9.53 Å². The highest BCUT2D eigenvalue weighted by molar-refractivity contribution is 5.92. The van der Waals surface area contributed by atoms with Crippen LogP contribution >= 0.6 is 0 Å². The topological polar surface area (TPSA) is 95.2 Å². The Morgan fingerprint density at radius 3 is 2.77 bits per heavy atom. The number of likely N-dealkylation sites (tertiary alicyclic amines) is 1. The van der Waals surface area contributed by atoms with Gasteiger partial charge < -0.3 is 25.3 Å². The van der Waals surface area contributed by atoms with E-state index in [0.29, 0.717) is 23.1 Å². The van der Waals surface area contributed by atoms with E-state index in [1.807, 2.05) is 18.2 Å². The SMILES string of the molecule is CNC(=O)c1cc(Oc2ccc3nc(Nc4cccc(CCN5CCCCC5)c4)[nH]c3c2)ccn1. The van der Waals surface area contributed by atoms with Gasteiger partial charge in [-0.1, -0.05) is 18.6 Å². The first-order chi connectivity index (χ1) is 17.2. The lowest BCUT2D eigenvalue weighted by molar-refractivity contribution is 0.0958. The lowest BCUT2D eigenvalue weighted by atomic mass is 10.1. The maximum atomic E-state index is 11.8. The standard InChI is InChI=1S/C27H30N6O2/c1-28-26(34)25-18-22(10-12-29-25)35-21-8-9-23-24(17-21)32-27(31-23)30-20-7-5-6-19(16-20)11-15-33-13-3-2-4-14-33/h5-10,12,16-18H,2-4,11,13-15H2,1H3,(H,28,34)(H2,30,31,32). The highest BCUT2D eigenvalue weighted by Gasteiger charge is 2.11. The summed E-state index contributed by atoms with van der Waals surface area (Å²) < 4.78 is 5.95. The Hall–Kier alpha value is -3.91. The van der Waals surface area contributed by atoms with Crippen LogP contribution in [0, 0.1) is 0 Å². The zero-order valence-corrected chi connectivity index (χ0v) is 19.9. The van der Waals surface area contributed by atoms with Crippen molar-refractivity contribution in [3.8, 4) is 11.5 Å². The van der Waals surface area contributed by atoms with Crippen molar-refractivity contribution in [3.63, 3.8) is 0 Å². The van der Waals surface area contributed by atoms with Crippen LogP contribution in [0.15, 0.2) is 60.8 Å². The second-order valence-electron chi connectivity index (χ2n) is 8.80. The van der Waals surface area contributed by atoms with Crippen LogP contribution in [-0.2, 0) is 6.42 Å². The van der Waals surface area contributed by atoms with Gasteiger partial charge in [-0.2, -0.15) is 0 Å². The number of carbonyl (C=O) groups is 1. The van der Waals surface area contributed by atoms with Crippen LogP contribution in [0.4, 0.5) is 11.6 Å². The van der Waals surface area contributed by atoms with Crippen LogP contribution in [0.1, 0.15) is 35.3 Å². The van der Waals surface area contributed by atoms with Gasteiger partial charge in [0, 0.05) is 37.6 Å². The molecule has 2 aromatic heterocycles. The number of fused-ring (bicyclic) bond motifs is 1. The summed E-state index contributed by atoms with van der Waals surface area (Å²) in [4.78, 5) is 26.4. The predicted molar refractivity (Wildman–Crippen MR) is 138 cm³/mol. The first kappa shape index (κ1) is 22.9. The molecule has 0 atom stereocenters. The van der Waals surface area contributed by atoms with Crippen molar-refractivity contribution in [2.24, 2.45) is 0 Å². The third-order valence-electron chi connectivity index (χ3n) is 6.24. The van der Waals surface area contributed by atoms with Crippen molar-refractivity contribution in [1.29, 1.82) is 0 Å². The van der Waals surface area contributed by atoms with Gasteiger partial charge in [-0.15, -0.1) is 0 Å². The molecular weight excluding hydrogens is 440 g/mol. The molecule has 1 saturated heterocycles. The smallest absolute Gasteiger partial charge is 0.269 e. The summed E-state index contributed by atoms with van der Waals surface area (Å²) >= 11 is 0. The van der Waals surface area contributed by atoms with E-state index < -0.39 is 0 Å². The fourth-order valence-electron chi connectivity index (χ4n) is 4.39. The minimum absolute atomic E-state index is 0.259. The van der Waals surface area contributed by atoms with Gasteiger partial charge in [-0.25, -0.2) is 4.98 Å². The normalized spacial score (nSPS) is 14.1.